The maximum absolute atomic E-state index is 13.5. The van der Waals surface area contributed by atoms with Crippen LogP contribution < -0.4 is 0 Å². The van der Waals surface area contributed by atoms with E-state index in [1.165, 1.54) is 20.8 Å². The van der Waals surface area contributed by atoms with Gasteiger partial charge in [0.05, 0.1) is 24.9 Å². The molecule has 9 N–H and O–H groups in total. The summed E-state index contributed by atoms with van der Waals surface area (Å²) in [7, 11) is 0. The largest absolute Gasteiger partial charge is 0.457 e. The van der Waals surface area contributed by atoms with E-state index in [0.29, 0.717) is 12.8 Å². The Morgan fingerprint density at radius 3 is 2.14 bits per heavy atom. The Balaban J connectivity index is 1.17. The van der Waals surface area contributed by atoms with E-state index in [0.717, 1.165) is 38.5 Å². The summed E-state index contributed by atoms with van der Waals surface area (Å²) in [4.78, 5) is 12.4. The van der Waals surface area contributed by atoms with Gasteiger partial charge in [-0.3, -0.25) is 4.79 Å². The summed E-state index contributed by atoms with van der Waals surface area (Å²) in [5.41, 5.74) is -3.61. The highest BCUT2D eigenvalue weighted by Gasteiger charge is 2.87. The summed E-state index contributed by atoms with van der Waals surface area (Å²) in [6.07, 6.45) is -10.5. The molecule has 59 heavy (non-hydrogen) atoms. The summed E-state index contributed by atoms with van der Waals surface area (Å²) in [5, 5.41) is 99.1. The molecule has 5 unspecified atom stereocenters. The van der Waals surface area contributed by atoms with Gasteiger partial charge in [-0.2, -0.15) is 0 Å². The molecule has 3 heterocycles. The van der Waals surface area contributed by atoms with Gasteiger partial charge in [0, 0.05) is 18.3 Å². The number of fused-ring (bicyclic) bond motifs is 4. The number of aliphatic hydroxyl groups is 9. The van der Waals surface area contributed by atoms with E-state index in [1.54, 1.807) is 0 Å². The maximum Gasteiger partial charge on any atom is 0.303 e. The molecular weight excluding hydrogens is 772 g/mol. The highest BCUT2D eigenvalue weighted by atomic mass is 16.7. The number of aliphatic hydroxyl groups excluding tert-OH is 7. The van der Waals surface area contributed by atoms with Gasteiger partial charge in [0.1, 0.15) is 54.9 Å². The lowest BCUT2D eigenvalue weighted by Crippen LogP contribution is -2.65. The molecule has 5 saturated carbocycles. The fourth-order valence-electron chi connectivity index (χ4n) is 15.3. The number of carbonyl (C=O) groups is 1. The minimum Gasteiger partial charge on any atom is -0.457 e. The van der Waals surface area contributed by atoms with Crippen LogP contribution in [-0.2, 0) is 33.2 Å². The Bertz CT molecular complexity index is 1600. The number of carbonyl (C=O) groups excluding carboxylic acids is 1. The van der Waals surface area contributed by atoms with E-state index >= 15 is 0 Å². The third kappa shape index (κ3) is 6.16. The Morgan fingerprint density at radius 1 is 0.847 bits per heavy atom. The molecule has 8 aliphatic rings. The molecule has 22 atom stereocenters. The number of esters is 1. The minimum atomic E-state index is -2.07. The van der Waals surface area contributed by atoms with Crippen LogP contribution in [0.2, 0.25) is 0 Å². The van der Waals surface area contributed by atoms with E-state index in [4.69, 9.17) is 28.4 Å². The molecule has 338 valence electrons. The van der Waals surface area contributed by atoms with Crippen LogP contribution in [-0.4, -0.2) is 156 Å². The quantitative estimate of drug-likeness (QED) is 0.119. The highest BCUT2D eigenvalue weighted by molar-refractivity contribution is 5.66. The number of rotatable bonds is 8. The van der Waals surface area contributed by atoms with Crippen LogP contribution in [0.4, 0.5) is 0 Å². The third-order valence-corrected chi connectivity index (χ3v) is 18.0. The summed E-state index contributed by atoms with van der Waals surface area (Å²) in [6, 6.07) is 0. The lowest BCUT2D eigenvalue weighted by atomic mass is 9.41. The second-order valence-corrected chi connectivity index (χ2v) is 21.6. The van der Waals surface area contributed by atoms with Crippen molar-refractivity contribution < 1.29 is 79.2 Å². The standard InChI is InChI=1S/C43H70O16/c1-19-15-22(33(38(5,6)52)55-20(2)45)59-43(53)32(19)39(7)13-14-42-18-41(42)12-11-26(57-34-30(50)27(47)21(46)17-54-34)37(3,4)24(41)9-10-25(42)40(39,8)36(43)58-35-31(51)29(49)28(48)23(16-44)56-35/h19,21-36,44,46-53H,9-18H2,1-8H3/t19-,21-,22-,23-,24?,25?,26?,27+,28-,29+,30+,31-,32?,33?,34+,35+,36-,39-,40-,41-,42+,43-/m1/s1. The summed E-state index contributed by atoms with van der Waals surface area (Å²) in [6.45, 7) is 14.3. The Kier molecular flexibility index (Phi) is 10.9. The van der Waals surface area contributed by atoms with Gasteiger partial charge in [-0.05, 0) is 105 Å². The Morgan fingerprint density at radius 2 is 1.49 bits per heavy atom. The molecule has 16 nitrogen and oxygen atoms in total. The summed E-state index contributed by atoms with van der Waals surface area (Å²) >= 11 is 0. The predicted molar refractivity (Wildman–Crippen MR) is 204 cm³/mol. The van der Waals surface area contributed by atoms with Crippen LogP contribution in [0.5, 0.6) is 0 Å². The van der Waals surface area contributed by atoms with Crippen molar-refractivity contribution >= 4 is 5.97 Å². The molecule has 3 aliphatic heterocycles. The minimum absolute atomic E-state index is 0.0179. The van der Waals surface area contributed by atoms with Crippen molar-refractivity contribution in [3.63, 3.8) is 0 Å². The molecule has 0 bridgehead atoms. The number of ether oxygens (including phenoxy) is 6. The number of hydrogen-bond acceptors (Lipinski definition) is 16. The monoisotopic (exact) mass is 842 g/mol. The first kappa shape index (κ1) is 44.5. The molecule has 8 rings (SSSR count). The van der Waals surface area contributed by atoms with Crippen molar-refractivity contribution in [3.05, 3.63) is 0 Å². The van der Waals surface area contributed by atoms with Crippen molar-refractivity contribution in [1.82, 2.24) is 0 Å². The van der Waals surface area contributed by atoms with Crippen LogP contribution in [0.15, 0.2) is 0 Å². The first-order valence-corrected chi connectivity index (χ1v) is 21.9. The molecule has 8 fully saturated rings. The second kappa shape index (κ2) is 14.5. The Labute approximate surface area is 346 Å². The van der Waals surface area contributed by atoms with Gasteiger partial charge < -0.3 is 74.4 Å². The molecule has 5 aliphatic carbocycles. The van der Waals surface area contributed by atoms with Gasteiger partial charge in [0.25, 0.3) is 0 Å². The third-order valence-electron chi connectivity index (χ3n) is 18.0. The Hall–Kier alpha value is -1.09. The van der Waals surface area contributed by atoms with E-state index in [9.17, 15) is 50.8 Å². The van der Waals surface area contributed by atoms with Crippen molar-refractivity contribution in [1.29, 1.82) is 0 Å². The fourth-order valence-corrected chi connectivity index (χ4v) is 15.3. The van der Waals surface area contributed by atoms with Gasteiger partial charge in [0.2, 0.25) is 0 Å². The van der Waals surface area contributed by atoms with Crippen LogP contribution in [0, 0.1) is 50.7 Å². The molecule has 0 aromatic rings. The normalized spacial score (nSPS) is 55.7. The fraction of sp³-hybridized carbons (Fsp3) is 0.977. The highest BCUT2D eigenvalue weighted by Crippen LogP contribution is 2.90. The van der Waals surface area contributed by atoms with Gasteiger partial charge in [-0.25, -0.2) is 0 Å². The van der Waals surface area contributed by atoms with E-state index < -0.39 is 114 Å². The molecule has 2 spiro atoms. The zero-order valence-electron chi connectivity index (χ0n) is 35.8. The lowest BCUT2D eigenvalue weighted by molar-refractivity contribution is -0.384. The van der Waals surface area contributed by atoms with Gasteiger partial charge in [0.15, 0.2) is 24.5 Å². The van der Waals surface area contributed by atoms with Gasteiger partial charge >= 0.3 is 5.97 Å². The predicted octanol–water partition coefficient (Wildman–Crippen LogP) is 0.471. The van der Waals surface area contributed by atoms with Crippen LogP contribution in [0.3, 0.4) is 0 Å². The molecule has 0 aromatic heterocycles. The average molecular weight is 843 g/mol. The second-order valence-electron chi connectivity index (χ2n) is 21.6. The van der Waals surface area contributed by atoms with E-state index in [1.807, 2.05) is 6.92 Å². The van der Waals surface area contributed by atoms with Crippen LogP contribution in [0.25, 0.3) is 0 Å². The van der Waals surface area contributed by atoms with Crippen molar-refractivity contribution in [2.45, 2.75) is 198 Å². The van der Waals surface area contributed by atoms with Crippen molar-refractivity contribution in [2.75, 3.05) is 13.2 Å². The van der Waals surface area contributed by atoms with Crippen LogP contribution >= 0.6 is 0 Å². The van der Waals surface area contributed by atoms with E-state index in [-0.39, 0.29) is 46.7 Å². The average Bonchev–Trinajstić information content (AvgIpc) is 3.79. The molecule has 0 radical (unpaired) electrons. The molecule has 0 aromatic carbocycles. The zero-order valence-corrected chi connectivity index (χ0v) is 35.8. The topological polar surface area (TPSA) is 255 Å². The molecule has 16 heteroatoms. The summed E-state index contributed by atoms with van der Waals surface area (Å²) in [5.74, 6) is -3.23. The van der Waals surface area contributed by atoms with Crippen molar-refractivity contribution in [3.8, 4) is 0 Å². The first-order valence-electron chi connectivity index (χ1n) is 21.9. The van der Waals surface area contributed by atoms with Gasteiger partial charge in [-0.15, -0.1) is 0 Å². The first-order chi connectivity index (χ1) is 27.4. The maximum atomic E-state index is 13.5. The van der Waals surface area contributed by atoms with Crippen LogP contribution in [0.1, 0.15) is 107 Å². The molecule has 0 amide bonds. The summed E-state index contributed by atoms with van der Waals surface area (Å²) < 4.78 is 37.6. The van der Waals surface area contributed by atoms with Crippen molar-refractivity contribution in [2.24, 2.45) is 50.7 Å². The zero-order chi connectivity index (χ0) is 43.2. The molecule has 3 saturated heterocycles. The smallest absolute Gasteiger partial charge is 0.303 e. The SMILES string of the molecule is CC(=O)OC([C@H]1C[C@@H](C)C2[C@@](O)(O1)[C@H](O[C@@H]1O[C@H](CO)[C@@H](O)[C@H](O)[C@H]1O)[C@@]1(C)C3CCC4C(C)(C)C(O[C@@H]5OC[C@@H](O)[C@H](O)[C@@H]5O)CC[C@@]45C[C@@]35CC[C@]21C)C(C)(C)O. The van der Waals surface area contributed by atoms with Gasteiger partial charge in [-0.1, -0.05) is 34.6 Å². The lowest BCUT2D eigenvalue weighted by Gasteiger charge is -2.64. The molecular formula is C43H70O16. The van der Waals surface area contributed by atoms with E-state index in [2.05, 4.69) is 27.7 Å². The number of hydrogen-bond donors (Lipinski definition) is 9.